The molecule has 1 unspecified atom stereocenters. The minimum atomic E-state index is -0.846. The van der Waals surface area contributed by atoms with E-state index in [4.69, 9.17) is 10.8 Å². The lowest BCUT2D eigenvalue weighted by atomic mass is 10.2. The Bertz CT molecular complexity index is 337. The molecule has 1 atom stereocenters. The fourth-order valence-electron chi connectivity index (χ4n) is 1.50. The average Bonchev–Trinajstić information content (AvgIpc) is 2.53. The van der Waals surface area contributed by atoms with E-state index in [1.165, 1.54) is 11.3 Å². The van der Waals surface area contributed by atoms with Crippen LogP contribution in [0, 0.1) is 0 Å². The number of fused-ring (bicyclic) bond motifs is 1. The van der Waals surface area contributed by atoms with Crippen molar-refractivity contribution in [3.8, 4) is 0 Å². The Morgan fingerprint density at radius 1 is 1.69 bits per heavy atom. The highest BCUT2D eigenvalue weighted by atomic mass is 35.5. The van der Waals surface area contributed by atoms with Crippen LogP contribution in [0.5, 0.6) is 0 Å². The summed E-state index contributed by atoms with van der Waals surface area (Å²) in [4.78, 5) is 12.1. The van der Waals surface area contributed by atoms with Gasteiger partial charge in [0.05, 0.1) is 0 Å². The number of thiophene rings is 1. The highest BCUT2D eigenvalue weighted by molar-refractivity contribution is 7.14. The zero-order valence-corrected chi connectivity index (χ0v) is 8.45. The smallest absolute Gasteiger partial charge is 0.345 e. The number of carbonyl (C=O) groups is 1. The molecule has 0 aromatic carbocycles. The van der Waals surface area contributed by atoms with Gasteiger partial charge in [0.25, 0.3) is 0 Å². The number of halogens is 1. The maximum Gasteiger partial charge on any atom is 0.345 e. The number of carboxylic acids is 1. The molecule has 13 heavy (non-hydrogen) atoms. The van der Waals surface area contributed by atoms with Crippen LogP contribution in [0.4, 0.5) is 0 Å². The molecule has 5 heteroatoms. The van der Waals surface area contributed by atoms with Crippen LogP contribution in [-0.2, 0) is 6.42 Å². The Balaban J connectivity index is 0.000000845. The highest BCUT2D eigenvalue weighted by Crippen LogP contribution is 2.35. The predicted molar refractivity (Wildman–Crippen MR) is 53.8 cm³/mol. The third kappa shape index (κ3) is 1.70. The Hall–Kier alpha value is -0.580. The normalized spacial score (nSPS) is 19.3. The summed E-state index contributed by atoms with van der Waals surface area (Å²) in [7, 11) is 0. The lowest BCUT2D eigenvalue weighted by Crippen LogP contribution is -2.04. The molecule has 1 heterocycles. The van der Waals surface area contributed by atoms with Gasteiger partial charge in [-0.2, -0.15) is 0 Å². The van der Waals surface area contributed by atoms with Crippen LogP contribution in [0.1, 0.15) is 32.6 Å². The summed E-state index contributed by atoms with van der Waals surface area (Å²) in [6, 6.07) is 1.77. The van der Waals surface area contributed by atoms with Crippen molar-refractivity contribution >= 4 is 29.7 Å². The third-order valence-electron chi connectivity index (χ3n) is 2.13. The van der Waals surface area contributed by atoms with E-state index in [0.717, 1.165) is 23.3 Å². The van der Waals surface area contributed by atoms with Crippen molar-refractivity contribution in [3.63, 3.8) is 0 Å². The first-order valence-electron chi connectivity index (χ1n) is 3.80. The minimum absolute atomic E-state index is 0. The van der Waals surface area contributed by atoms with E-state index in [9.17, 15) is 4.79 Å². The van der Waals surface area contributed by atoms with E-state index in [0.29, 0.717) is 4.88 Å². The summed E-state index contributed by atoms with van der Waals surface area (Å²) in [5, 5.41) is 8.70. The van der Waals surface area contributed by atoms with Crippen molar-refractivity contribution in [2.75, 3.05) is 0 Å². The third-order valence-corrected chi connectivity index (χ3v) is 3.33. The van der Waals surface area contributed by atoms with E-state index in [1.54, 1.807) is 6.07 Å². The number of hydrogen-bond acceptors (Lipinski definition) is 3. The molecule has 0 fully saturated rings. The van der Waals surface area contributed by atoms with Crippen LogP contribution < -0.4 is 5.73 Å². The number of carboxylic acid groups (broad SMARTS) is 1. The molecule has 1 aromatic heterocycles. The molecule has 1 aromatic rings. The van der Waals surface area contributed by atoms with Crippen molar-refractivity contribution in [1.29, 1.82) is 0 Å². The number of aromatic carboxylic acids is 1. The van der Waals surface area contributed by atoms with Gasteiger partial charge in [-0.3, -0.25) is 0 Å². The molecule has 0 radical (unpaired) electrons. The van der Waals surface area contributed by atoms with E-state index in [-0.39, 0.29) is 18.4 Å². The molecule has 1 aliphatic carbocycles. The Kier molecular flexibility index (Phi) is 2.95. The van der Waals surface area contributed by atoms with Crippen LogP contribution in [-0.4, -0.2) is 11.1 Å². The topological polar surface area (TPSA) is 63.3 Å². The van der Waals surface area contributed by atoms with E-state index in [2.05, 4.69) is 0 Å². The summed E-state index contributed by atoms with van der Waals surface area (Å²) in [5.41, 5.74) is 6.81. The maximum atomic E-state index is 10.6. The van der Waals surface area contributed by atoms with E-state index < -0.39 is 5.97 Å². The van der Waals surface area contributed by atoms with Crippen LogP contribution in [0.15, 0.2) is 6.07 Å². The molecule has 0 saturated heterocycles. The molecule has 2 rings (SSSR count). The van der Waals surface area contributed by atoms with E-state index >= 15 is 0 Å². The molecule has 3 N–H and O–H groups in total. The van der Waals surface area contributed by atoms with Crippen LogP contribution in [0.3, 0.4) is 0 Å². The van der Waals surface area contributed by atoms with Crippen LogP contribution in [0.25, 0.3) is 0 Å². The summed E-state index contributed by atoms with van der Waals surface area (Å²) >= 11 is 1.35. The first-order valence-corrected chi connectivity index (χ1v) is 4.61. The van der Waals surface area contributed by atoms with Gasteiger partial charge in [-0.05, 0) is 24.5 Å². The molecule has 0 bridgehead atoms. The van der Waals surface area contributed by atoms with Crippen molar-refractivity contribution < 1.29 is 9.90 Å². The fraction of sp³-hybridized carbons (Fsp3) is 0.375. The summed E-state index contributed by atoms with van der Waals surface area (Å²) in [5.74, 6) is -0.846. The van der Waals surface area contributed by atoms with Gasteiger partial charge in [0.15, 0.2) is 0 Å². The van der Waals surface area contributed by atoms with E-state index in [1.807, 2.05) is 0 Å². The molecular formula is C8H10ClNO2S. The zero-order valence-electron chi connectivity index (χ0n) is 6.82. The lowest BCUT2D eigenvalue weighted by Gasteiger charge is -1.98. The quantitative estimate of drug-likeness (QED) is 0.757. The van der Waals surface area contributed by atoms with Crippen molar-refractivity contribution in [3.05, 3.63) is 21.4 Å². The largest absolute Gasteiger partial charge is 0.477 e. The molecule has 72 valence electrons. The fourth-order valence-corrected chi connectivity index (χ4v) is 2.59. The molecule has 3 nitrogen and oxygen atoms in total. The second-order valence-corrected chi connectivity index (χ2v) is 4.08. The van der Waals surface area contributed by atoms with Crippen LogP contribution >= 0.6 is 23.7 Å². The SMILES string of the molecule is Cl.NC1CCc2sc(C(=O)O)cc21. The second-order valence-electron chi connectivity index (χ2n) is 2.94. The van der Waals surface area contributed by atoms with Crippen molar-refractivity contribution in [1.82, 2.24) is 0 Å². The monoisotopic (exact) mass is 219 g/mol. The van der Waals surface area contributed by atoms with Crippen molar-refractivity contribution in [2.45, 2.75) is 18.9 Å². The Morgan fingerprint density at radius 3 is 2.92 bits per heavy atom. The minimum Gasteiger partial charge on any atom is -0.477 e. The molecule has 0 spiro atoms. The van der Waals surface area contributed by atoms with Gasteiger partial charge in [-0.1, -0.05) is 0 Å². The summed E-state index contributed by atoms with van der Waals surface area (Å²) < 4.78 is 0. The first kappa shape index (κ1) is 10.5. The van der Waals surface area contributed by atoms with Gasteiger partial charge in [0.1, 0.15) is 4.88 Å². The van der Waals surface area contributed by atoms with Gasteiger partial charge >= 0.3 is 5.97 Å². The van der Waals surface area contributed by atoms with Gasteiger partial charge in [0, 0.05) is 10.9 Å². The zero-order chi connectivity index (χ0) is 8.72. The van der Waals surface area contributed by atoms with Gasteiger partial charge in [-0.25, -0.2) is 4.79 Å². The van der Waals surface area contributed by atoms with Gasteiger partial charge < -0.3 is 10.8 Å². The number of hydrogen-bond donors (Lipinski definition) is 2. The number of rotatable bonds is 1. The summed E-state index contributed by atoms with van der Waals surface area (Å²) in [6.45, 7) is 0. The number of aryl methyl sites for hydroxylation is 1. The molecule has 1 aliphatic rings. The number of nitrogens with two attached hydrogens (primary N) is 1. The molecule has 0 amide bonds. The highest BCUT2D eigenvalue weighted by Gasteiger charge is 2.23. The van der Waals surface area contributed by atoms with Gasteiger partial charge in [0.2, 0.25) is 0 Å². The molecule has 0 saturated carbocycles. The lowest BCUT2D eigenvalue weighted by molar-refractivity contribution is 0.0702. The predicted octanol–water partition coefficient (Wildman–Crippen LogP) is 1.81. The molecular weight excluding hydrogens is 210 g/mol. The molecule has 0 aliphatic heterocycles. The van der Waals surface area contributed by atoms with Gasteiger partial charge in [-0.15, -0.1) is 23.7 Å². The van der Waals surface area contributed by atoms with Crippen molar-refractivity contribution in [2.24, 2.45) is 5.73 Å². The Morgan fingerprint density at radius 2 is 2.38 bits per heavy atom. The maximum absolute atomic E-state index is 10.6. The average molecular weight is 220 g/mol. The Labute approximate surface area is 86.0 Å². The first-order chi connectivity index (χ1) is 5.68. The standard InChI is InChI=1S/C8H9NO2S.ClH/c9-5-1-2-6-4(5)3-7(12-6)8(10)11;/h3,5H,1-2,9H2,(H,10,11);1H. The summed E-state index contributed by atoms with van der Waals surface area (Å²) in [6.07, 6.45) is 1.90. The second kappa shape index (κ2) is 3.65. The van der Waals surface area contributed by atoms with Crippen LogP contribution in [0.2, 0.25) is 0 Å².